The third-order valence-electron chi connectivity index (χ3n) is 5.05. The molecule has 0 aliphatic heterocycles. The summed E-state index contributed by atoms with van der Waals surface area (Å²) in [5.41, 5.74) is 0. The molecular formula is C15H26F2O4S. The predicted molar refractivity (Wildman–Crippen MR) is 79.4 cm³/mol. The maximum atomic E-state index is 13.5. The van der Waals surface area contributed by atoms with Crippen molar-refractivity contribution in [2.75, 3.05) is 6.61 Å². The number of ether oxygens (including phenoxy) is 1. The monoisotopic (exact) mass is 340 g/mol. The van der Waals surface area contributed by atoms with E-state index in [0.29, 0.717) is 0 Å². The summed E-state index contributed by atoms with van der Waals surface area (Å²) in [5.74, 6) is 0.461. The fourth-order valence-electron chi connectivity index (χ4n) is 3.85. The van der Waals surface area contributed by atoms with Crippen molar-refractivity contribution in [3.63, 3.8) is 0 Å². The van der Waals surface area contributed by atoms with Crippen LogP contribution in [0.1, 0.15) is 64.2 Å². The lowest BCUT2D eigenvalue weighted by Gasteiger charge is -2.38. The Kier molecular flexibility index (Phi) is 6.19. The smallest absolute Gasteiger partial charge is 0.370 e. The molecule has 2 fully saturated rings. The lowest BCUT2D eigenvalue weighted by molar-refractivity contribution is -0.100. The summed E-state index contributed by atoms with van der Waals surface area (Å²) in [6.45, 7) is -1.25. The minimum Gasteiger partial charge on any atom is -0.370 e. The van der Waals surface area contributed by atoms with Crippen molar-refractivity contribution in [1.82, 2.24) is 0 Å². The van der Waals surface area contributed by atoms with Gasteiger partial charge in [-0.2, -0.15) is 17.2 Å². The van der Waals surface area contributed by atoms with Crippen LogP contribution in [0.15, 0.2) is 0 Å². The van der Waals surface area contributed by atoms with Gasteiger partial charge in [-0.05, 0) is 37.5 Å². The van der Waals surface area contributed by atoms with Crippen LogP contribution >= 0.6 is 0 Å². The predicted octanol–water partition coefficient (Wildman–Crippen LogP) is 4.01. The van der Waals surface area contributed by atoms with Crippen LogP contribution in [-0.4, -0.2) is 30.9 Å². The van der Waals surface area contributed by atoms with E-state index < -0.39 is 22.0 Å². The zero-order valence-corrected chi connectivity index (χ0v) is 13.7. The SMILES string of the molecule is O=S(=O)(O)C(F)(F)COC(C1CCCCC1)C1CCCCC1. The van der Waals surface area contributed by atoms with Gasteiger partial charge in [0.2, 0.25) is 0 Å². The molecule has 2 saturated carbocycles. The number of rotatable bonds is 6. The molecule has 1 N–H and O–H groups in total. The fraction of sp³-hybridized carbons (Fsp3) is 1.00. The first-order chi connectivity index (χ1) is 10.3. The maximum absolute atomic E-state index is 13.5. The molecule has 7 heteroatoms. The molecule has 0 spiro atoms. The lowest BCUT2D eigenvalue weighted by Crippen LogP contribution is -2.41. The number of halogens is 2. The molecule has 0 heterocycles. The largest absolute Gasteiger partial charge is 0.392 e. The first-order valence-electron chi connectivity index (χ1n) is 8.28. The summed E-state index contributed by atoms with van der Waals surface area (Å²) in [7, 11) is -5.42. The van der Waals surface area contributed by atoms with Crippen molar-refractivity contribution in [2.24, 2.45) is 11.8 Å². The highest BCUT2D eigenvalue weighted by Gasteiger charge is 2.46. The molecule has 22 heavy (non-hydrogen) atoms. The number of hydrogen-bond acceptors (Lipinski definition) is 3. The fourth-order valence-corrected chi connectivity index (χ4v) is 4.07. The van der Waals surface area contributed by atoms with Gasteiger partial charge in [-0.15, -0.1) is 0 Å². The van der Waals surface area contributed by atoms with E-state index in [9.17, 15) is 17.2 Å². The van der Waals surface area contributed by atoms with Gasteiger partial charge in [-0.1, -0.05) is 38.5 Å². The topological polar surface area (TPSA) is 63.6 Å². The van der Waals surface area contributed by atoms with Crippen molar-refractivity contribution in [1.29, 1.82) is 0 Å². The van der Waals surface area contributed by atoms with E-state index in [2.05, 4.69) is 0 Å². The molecule has 2 aliphatic carbocycles. The zero-order chi connectivity index (χ0) is 16.2. The van der Waals surface area contributed by atoms with Crippen LogP contribution in [0.5, 0.6) is 0 Å². The second-order valence-corrected chi connectivity index (χ2v) is 8.23. The quantitative estimate of drug-likeness (QED) is 0.742. The molecule has 130 valence electrons. The third kappa shape index (κ3) is 4.61. The van der Waals surface area contributed by atoms with Crippen LogP contribution < -0.4 is 0 Å². The zero-order valence-electron chi connectivity index (χ0n) is 12.8. The van der Waals surface area contributed by atoms with Gasteiger partial charge in [0, 0.05) is 0 Å². The second-order valence-electron chi connectivity index (χ2n) is 6.68. The molecule has 0 amide bonds. The molecule has 0 radical (unpaired) electrons. The average molecular weight is 340 g/mol. The van der Waals surface area contributed by atoms with Gasteiger partial charge in [-0.3, -0.25) is 4.55 Å². The molecule has 0 bridgehead atoms. The van der Waals surface area contributed by atoms with Gasteiger partial charge in [-0.25, -0.2) is 0 Å². The second kappa shape index (κ2) is 7.53. The van der Waals surface area contributed by atoms with Gasteiger partial charge in [0.25, 0.3) is 0 Å². The normalized spacial score (nSPS) is 23.1. The van der Waals surface area contributed by atoms with Crippen LogP contribution in [0.4, 0.5) is 8.78 Å². The van der Waals surface area contributed by atoms with Gasteiger partial charge in [0.15, 0.2) is 0 Å². The summed E-state index contributed by atoms with van der Waals surface area (Å²) >= 11 is 0. The molecule has 2 aliphatic rings. The Morgan fingerprint density at radius 1 is 0.955 bits per heavy atom. The molecule has 0 aromatic rings. The molecule has 0 aromatic heterocycles. The summed E-state index contributed by atoms with van der Waals surface area (Å²) in [5, 5.41) is -4.23. The van der Waals surface area contributed by atoms with Gasteiger partial charge < -0.3 is 4.74 Å². The Labute approximate surface area is 131 Å². The Morgan fingerprint density at radius 3 is 1.73 bits per heavy atom. The van der Waals surface area contributed by atoms with Crippen molar-refractivity contribution < 1.29 is 26.5 Å². The van der Waals surface area contributed by atoms with Gasteiger partial charge in [0.05, 0.1) is 6.10 Å². The van der Waals surface area contributed by atoms with Gasteiger partial charge >= 0.3 is 15.4 Å². The summed E-state index contributed by atoms with van der Waals surface area (Å²) in [6, 6.07) is 0. The lowest BCUT2D eigenvalue weighted by atomic mass is 9.75. The van der Waals surface area contributed by atoms with Crippen molar-refractivity contribution in [3.05, 3.63) is 0 Å². The molecule has 0 aromatic carbocycles. The maximum Gasteiger partial charge on any atom is 0.392 e. The van der Waals surface area contributed by atoms with Crippen LogP contribution in [0, 0.1) is 11.8 Å². The standard InChI is InChI=1S/C15H26F2O4S/c16-15(17,22(18,19)20)11-21-14(12-7-3-1-4-8-12)13-9-5-2-6-10-13/h12-14H,1-11H2,(H,18,19,20). The molecule has 0 unspecified atom stereocenters. The van der Waals surface area contributed by atoms with Crippen molar-refractivity contribution in [3.8, 4) is 0 Å². The molecule has 4 nitrogen and oxygen atoms in total. The average Bonchev–Trinajstić information content (AvgIpc) is 2.48. The Hall–Kier alpha value is -0.270. The molecule has 0 saturated heterocycles. The Morgan fingerprint density at radius 2 is 1.36 bits per heavy atom. The molecule has 0 atom stereocenters. The van der Waals surface area contributed by atoms with Crippen LogP contribution in [0.2, 0.25) is 0 Å². The van der Waals surface area contributed by atoms with Crippen molar-refractivity contribution >= 4 is 10.1 Å². The highest BCUT2D eigenvalue weighted by atomic mass is 32.2. The summed E-state index contributed by atoms with van der Waals surface area (Å²) in [4.78, 5) is 0. The van der Waals surface area contributed by atoms with Crippen LogP contribution in [-0.2, 0) is 14.9 Å². The first kappa shape index (κ1) is 18.1. The van der Waals surface area contributed by atoms with Gasteiger partial charge in [0.1, 0.15) is 6.61 Å². The number of alkyl halides is 2. The highest BCUT2D eigenvalue weighted by Crippen LogP contribution is 2.38. The van der Waals surface area contributed by atoms with E-state index in [1.54, 1.807) is 0 Å². The minimum absolute atomic E-state index is 0.231. The minimum atomic E-state index is -5.42. The van der Waals surface area contributed by atoms with E-state index in [1.165, 1.54) is 0 Å². The Bertz CT molecular complexity index is 422. The van der Waals surface area contributed by atoms with E-state index in [0.717, 1.165) is 64.2 Å². The van der Waals surface area contributed by atoms with E-state index in [1.807, 2.05) is 0 Å². The van der Waals surface area contributed by atoms with Crippen LogP contribution in [0.25, 0.3) is 0 Å². The molecule has 2 rings (SSSR count). The Balaban J connectivity index is 2.03. The summed E-state index contributed by atoms with van der Waals surface area (Å²) in [6.07, 6.45) is 10.1. The number of hydrogen-bond donors (Lipinski definition) is 1. The van der Waals surface area contributed by atoms with E-state index >= 15 is 0 Å². The summed E-state index contributed by atoms with van der Waals surface area (Å²) < 4.78 is 62.5. The van der Waals surface area contributed by atoms with Crippen LogP contribution in [0.3, 0.4) is 0 Å². The van der Waals surface area contributed by atoms with Crippen molar-refractivity contribution in [2.45, 2.75) is 75.6 Å². The van der Waals surface area contributed by atoms with E-state index in [-0.39, 0.29) is 17.9 Å². The van der Waals surface area contributed by atoms with E-state index in [4.69, 9.17) is 9.29 Å². The first-order valence-corrected chi connectivity index (χ1v) is 9.72. The highest BCUT2D eigenvalue weighted by molar-refractivity contribution is 7.86. The molecular weight excluding hydrogens is 314 g/mol. The third-order valence-corrected chi connectivity index (χ3v) is 5.92.